The van der Waals surface area contributed by atoms with E-state index in [1.165, 1.54) is 23.3 Å². The highest BCUT2D eigenvalue weighted by atomic mass is 35.5. The number of hydrogen-bond acceptors (Lipinski definition) is 5. The number of amides is 3. The predicted octanol–water partition coefficient (Wildman–Crippen LogP) is 2.03. The fourth-order valence-electron chi connectivity index (χ4n) is 3.63. The Morgan fingerprint density at radius 2 is 2.27 bits per heavy atom. The molecule has 2 aromatic rings. The molecule has 160 valence electrons. The third-order valence-corrected chi connectivity index (χ3v) is 5.42. The molecule has 0 aliphatic carbocycles. The van der Waals surface area contributed by atoms with Crippen LogP contribution in [-0.2, 0) is 24.3 Å². The SMILES string of the molecule is CCN1O[C@H](CO)Cn2nc3c(c2C1=O)CN(C(=O)Nc1ccc(F)c(Cl)c1)CC3. The lowest BCUT2D eigenvalue weighted by molar-refractivity contribution is -0.171. The van der Waals surface area contributed by atoms with Gasteiger partial charge in [0.1, 0.15) is 17.6 Å². The molecule has 2 aliphatic rings. The Morgan fingerprint density at radius 1 is 1.47 bits per heavy atom. The zero-order chi connectivity index (χ0) is 21.4. The van der Waals surface area contributed by atoms with Crippen LogP contribution >= 0.6 is 11.6 Å². The summed E-state index contributed by atoms with van der Waals surface area (Å²) >= 11 is 5.77. The number of hydrogen-bond donors (Lipinski definition) is 2. The molecule has 9 nitrogen and oxygen atoms in total. The summed E-state index contributed by atoms with van der Waals surface area (Å²) in [4.78, 5) is 32.8. The second-order valence-corrected chi connectivity index (χ2v) is 7.50. The molecule has 0 spiro atoms. The molecule has 2 N–H and O–H groups in total. The number of nitrogens with one attached hydrogen (secondary N) is 1. The maximum absolute atomic E-state index is 13.3. The van der Waals surface area contributed by atoms with Crippen molar-refractivity contribution >= 4 is 29.2 Å². The number of aliphatic hydroxyl groups is 1. The Hall–Kier alpha value is -2.69. The predicted molar refractivity (Wildman–Crippen MR) is 105 cm³/mol. The molecular formula is C19H21ClFN5O4. The van der Waals surface area contributed by atoms with Crippen molar-refractivity contribution in [1.29, 1.82) is 0 Å². The lowest BCUT2D eigenvalue weighted by atomic mass is 10.0. The van der Waals surface area contributed by atoms with Gasteiger partial charge in [0, 0.05) is 30.8 Å². The van der Waals surface area contributed by atoms with Crippen molar-refractivity contribution in [3.8, 4) is 0 Å². The smallest absolute Gasteiger partial charge is 0.322 e. The van der Waals surface area contributed by atoms with E-state index in [-0.39, 0.29) is 36.7 Å². The molecule has 2 aliphatic heterocycles. The largest absolute Gasteiger partial charge is 0.393 e. The van der Waals surface area contributed by atoms with Crippen LogP contribution in [-0.4, -0.2) is 62.6 Å². The summed E-state index contributed by atoms with van der Waals surface area (Å²) < 4.78 is 14.9. The van der Waals surface area contributed by atoms with E-state index in [4.69, 9.17) is 16.4 Å². The number of aromatic nitrogens is 2. The average molecular weight is 438 g/mol. The first-order chi connectivity index (χ1) is 14.4. The van der Waals surface area contributed by atoms with E-state index in [9.17, 15) is 19.1 Å². The summed E-state index contributed by atoms with van der Waals surface area (Å²) in [5, 5.41) is 17.9. The van der Waals surface area contributed by atoms with Gasteiger partial charge in [0.25, 0.3) is 5.91 Å². The van der Waals surface area contributed by atoms with Crippen molar-refractivity contribution in [3.05, 3.63) is 46.0 Å². The molecule has 1 aromatic carbocycles. The van der Waals surface area contributed by atoms with Crippen LogP contribution in [0.1, 0.15) is 28.7 Å². The number of carbonyl (C=O) groups excluding carboxylic acids is 2. The summed E-state index contributed by atoms with van der Waals surface area (Å²) in [6.07, 6.45) is -0.101. The molecule has 0 radical (unpaired) electrons. The Bertz CT molecular complexity index is 998. The Morgan fingerprint density at radius 3 is 2.97 bits per heavy atom. The van der Waals surface area contributed by atoms with E-state index < -0.39 is 11.9 Å². The van der Waals surface area contributed by atoms with Crippen LogP contribution in [0.2, 0.25) is 5.02 Å². The second kappa shape index (κ2) is 8.21. The topological polar surface area (TPSA) is 99.9 Å². The van der Waals surface area contributed by atoms with Gasteiger partial charge in [-0.1, -0.05) is 11.6 Å². The van der Waals surface area contributed by atoms with Crippen molar-refractivity contribution < 1.29 is 23.9 Å². The Labute approximate surface area is 176 Å². The number of hydroxylamine groups is 2. The van der Waals surface area contributed by atoms with Crippen molar-refractivity contribution in [2.24, 2.45) is 0 Å². The van der Waals surface area contributed by atoms with E-state index in [0.29, 0.717) is 36.5 Å². The van der Waals surface area contributed by atoms with Gasteiger partial charge in [0.15, 0.2) is 0 Å². The summed E-state index contributed by atoms with van der Waals surface area (Å²) in [5.41, 5.74) is 2.16. The maximum Gasteiger partial charge on any atom is 0.322 e. The highest BCUT2D eigenvalue weighted by Crippen LogP contribution is 2.27. The lowest BCUT2D eigenvalue weighted by Crippen LogP contribution is -2.40. The molecule has 3 amide bonds. The number of anilines is 1. The molecular weight excluding hydrogens is 417 g/mol. The van der Waals surface area contributed by atoms with Crippen LogP contribution in [0.3, 0.4) is 0 Å². The Balaban J connectivity index is 1.58. The van der Waals surface area contributed by atoms with Crippen LogP contribution in [0, 0.1) is 5.82 Å². The van der Waals surface area contributed by atoms with Crippen LogP contribution in [0.5, 0.6) is 0 Å². The molecule has 0 saturated carbocycles. The highest BCUT2D eigenvalue weighted by Gasteiger charge is 2.36. The van der Waals surface area contributed by atoms with Crippen LogP contribution in [0.4, 0.5) is 14.9 Å². The number of halogens is 2. The van der Waals surface area contributed by atoms with Gasteiger partial charge < -0.3 is 15.3 Å². The van der Waals surface area contributed by atoms with E-state index in [0.717, 1.165) is 5.69 Å². The minimum absolute atomic E-state index is 0.0839. The normalized spacial score (nSPS) is 18.7. The molecule has 0 saturated heterocycles. The van der Waals surface area contributed by atoms with Gasteiger partial charge in [0.05, 0.1) is 30.4 Å². The number of nitrogens with zero attached hydrogens (tertiary/aromatic N) is 4. The summed E-state index contributed by atoms with van der Waals surface area (Å²) in [6, 6.07) is 3.56. The monoisotopic (exact) mass is 437 g/mol. The van der Waals surface area contributed by atoms with E-state index in [1.807, 2.05) is 0 Å². The summed E-state index contributed by atoms with van der Waals surface area (Å²) in [7, 11) is 0. The molecule has 4 rings (SSSR count). The van der Waals surface area contributed by atoms with Crippen molar-refractivity contribution in [2.75, 3.05) is 25.0 Å². The number of aliphatic hydroxyl groups excluding tert-OH is 1. The second-order valence-electron chi connectivity index (χ2n) is 7.10. The average Bonchev–Trinajstić information content (AvgIpc) is 3.03. The van der Waals surface area contributed by atoms with Gasteiger partial charge in [-0.25, -0.2) is 14.2 Å². The molecule has 3 heterocycles. The minimum atomic E-state index is -0.584. The van der Waals surface area contributed by atoms with Gasteiger partial charge in [-0.3, -0.25) is 14.3 Å². The first-order valence-corrected chi connectivity index (χ1v) is 9.98. The molecule has 0 unspecified atom stereocenters. The van der Waals surface area contributed by atoms with Crippen molar-refractivity contribution in [3.63, 3.8) is 0 Å². The summed E-state index contributed by atoms with van der Waals surface area (Å²) in [6.45, 7) is 2.68. The fourth-order valence-corrected chi connectivity index (χ4v) is 3.81. The lowest BCUT2D eigenvalue weighted by Gasteiger charge is -2.27. The van der Waals surface area contributed by atoms with Gasteiger partial charge >= 0.3 is 6.03 Å². The zero-order valence-corrected chi connectivity index (χ0v) is 17.0. The zero-order valence-electron chi connectivity index (χ0n) is 16.3. The molecule has 30 heavy (non-hydrogen) atoms. The maximum atomic E-state index is 13.3. The molecule has 0 fully saturated rings. The molecule has 1 atom stereocenters. The number of fused-ring (bicyclic) bond motifs is 3. The van der Waals surface area contributed by atoms with Crippen LogP contribution < -0.4 is 5.32 Å². The third-order valence-electron chi connectivity index (χ3n) is 5.13. The van der Waals surface area contributed by atoms with Gasteiger partial charge in [-0.2, -0.15) is 5.10 Å². The summed E-state index contributed by atoms with van der Waals surface area (Å²) in [5.74, 6) is -0.919. The minimum Gasteiger partial charge on any atom is -0.393 e. The van der Waals surface area contributed by atoms with Crippen molar-refractivity contribution in [2.45, 2.75) is 32.5 Å². The first kappa shape index (κ1) is 20.6. The Kier molecular flexibility index (Phi) is 5.63. The fraction of sp³-hybridized carbons (Fsp3) is 0.421. The number of rotatable bonds is 3. The number of urea groups is 1. The third kappa shape index (κ3) is 3.73. The van der Waals surface area contributed by atoms with Gasteiger partial charge in [-0.15, -0.1) is 0 Å². The molecule has 0 bridgehead atoms. The van der Waals surface area contributed by atoms with E-state index in [1.54, 1.807) is 16.5 Å². The van der Waals surface area contributed by atoms with E-state index >= 15 is 0 Å². The molecule has 1 aromatic heterocycles. The van der Waals surface area contributed by atoms with Crippen LogP contribution in [0.25, 0.3) is 0 Å². The standard InChI is InChI=1S/C19H21ClFN5O4/c1-2-26-18(28)17-13-9-24(19(29)22-11-3-4-15(21)14(20)7-11)6-5-16(13)23-25(17)8-12(10-27)30-26/h3-4,7,12,27H,2,5-6,8-10H2,1H3,(H,22,29)/t12-/m0/s1. The first-order valence-electron chi connectivity index (χ1n) is 9.60. The van der Waals surface area contributed by atoms with Gasteiger partial charge in [-0.05, 0) is 25.1 Å². The van der Waals surface area contributed by atoms with E-state index in [2.05, 4.69) is 10.4 Å². The quantitative estimate of drug-likeness (QED) is 0.765. The number of carbonyl (C=O) groups is 2. The van der Waals surface area contributed by atoms with Crippen LogP contribution in [0.15, 0.2) is 18.2 Å². The van der Waals surface area contributed by atoms with Gasteiger partial charge in [0.2, 0.25) is 0 Å². The molecule has 11 heteroatoms. The highest BCUT2D eigenvalue weighted by molar-refractivity contribution is 6.31. The number of benzene rings is 1. The van der Waals surface area contributed by atoms with Crippen molar-refractivity contribution in [1.82, 2.24) is 19.7 Å².